The summed E-state index contributed by atoms with van der Waals surface area (Å²) < 4.78 is 33.2. The summed E-state index contributed by atoms with van der Waals surface area (Å²) in [4.78, 5) is 11.8. The van der Waals surface area contributed by atoms with Crippen molar-refractivity contribution in [3.8, 4) is 5.75 Å². The number of sulfone groups is 1. The van der Waals surface area contributed by atoms with E-state index in [1.807, 2.05) is 0 Å². The standard InChI is InChI=1S/C14H21NO5S/c1-4-19-13(16)14(2,15)8-9-20-11-6-5-7-12(10-11)21(3,17)18/h5-7,10H,4,8-9,15H2,1-3H3. The van der Waals surface area contributed by atoms with Crippen molar-refractivity contribution in [3.05, 3.63) is 24.3 Å². The summed E-state index contributed by atoms with van der Waals surface area (Å²) in [5.74, 6) is -0.0731. The number of nitrogens with two attached hydrogens (primary N) is 1. The van der Waals surface area contributed by atoms with E-state index >= 15 is 0 Å². The molecule has 1 atom stereocenters. The molecule has 7 heteroatoms. The minimum absolute atomic E-state index is 0.180. The molecule has 0 saturated heterocycles. The Labute approximate surface area is 125 Å². The van der Waals surface area contributed by atoms with Gasteiger partial charge in [0.15, 0.2) is 9.84 Å². The zero-order chi connectivity index (χ0) is 16.1. The normalized spacial score (nSPS) is 14.3. The van der Waals surface area contributed by atoms with Gasteiger partial charge in [-0.15, -0.1) is 0 Å². The van der Waals surface area contributed by atoms with Crippen LogP contribution >= 0.6 is 0 Å². The van der Waals surface area contributed by atoms with E-state index in [1.54, 1.807) is 26.0 Å². The quantitative estimate of drug-likeness (QED) is 0.758. The van der Waals surface area contributed by atoms with E-state index in [0.717, 1.165) is 6.26 Å². The topological polar surface area (TPSA) is 95.7 Å². The van der Waals surface area contributed by atoms with Crippen LogP contribution in [0.15, 0.2) is 29.2 Å². The molecule has 0 aliphatic rings. The SMILES string of the molecule is CCOC(=O)C(C)(N)CCOc1cccc(S(C)(=O)=O)c1. The van der Waals surface area contributed by atoms with Gasteiger partial charge < -0.3 is 15.2 Å². The molecule has 0 fully saturated rings. The fourth-order valence-corrected chi connectivity index (χ4v) is 2.23. The van der Waals surface area contributed by atoms with E-state index in [1.165, 1.54) is 12.1 Å². The second-order valence-electron chi connectivity index (χ2n) is 4.98. The first kappa shape index (κ1) is 17.5. The molecular formula is C14H21NO5S. The molecule has 0 aromatic heterocycles. The van der Waals surface area contributed by atoms with Crippen molar-refractivity contribution in [2.45, 2.75) is 30.7 Å². The van der Waals surface area contributed by atoms with Gasteiger partial charge in [0, 0.05) is 12.7 Å². The fourth-order valence-electron chi connectivity index (χ4n) is 1.57. The van der Waals surface area contributed by atoms with Crippen molar-refractivity contribution in [2.24, 2.45) is 5.73 Å². The van der Waals surface area contributed by atoms with E-state index in [-0.39, 0.29) is 24.5 Å². The predicted octanol–water partition coefficient (Wildman–Crippen LogP) is 1.14. The molecule has 0 saturated carbocycles. The summed E-state index contributed by atoms with van der Waals surface area (Å²) in [5.41, 5.74) is 4.72. The van der Waals surface area contributed by atoms with Gasteiger partial charge in [-0.25, -0.2) is 8.42 Å². The third-order valence-corrected chi connectivity index (χ3v) is 3.98. The van der Waals surface area contributed by atoms with E-state index in [4.69, 9.17) is 15.2 Å². The third kappa shape index (κ3) is 5.35. The van der Waals surface area contributed by atoms with Gasteiger partial charge in [0.25, 0.3) is 0 Å². The molecule has 0 spiro atoms. The Morgan fingerprint density at radius 1 is 1.38 bits per heavy atom. The maximum absolute atomic E-state index is 11.6. The maximum Gasteiger partial charge on any atom is 0.325 e. The Bertz CT molecular complexity index is 595. The maximum atomic E-state index is 11.6. The number of benzene rings is 1. The summed E-state index contributed by atoms with van der Waals surface area (Å²) in [5, 5.41) is 0. The largest absolute Gasteiger partial charge is 0.493 e. The molecule has 0 aliphatic heterocycles. The Hall–Kier alpha value is -1.60. The van der Waals surface area contributed by atoms with Crippen LogP contribution in [0.4, 0.5) is 0 Å². The summed E-state index contributed by atoms with van der Waals surface area (Å²) in [6, 6.07) is 6.17. The highest BCUT2D eigenvalue weighted by Crippen LogP contribution is 2.18. The zero-order valence-corrected chi connectivity index (χ0v) is 13.3. The number of hydrogen-bond donors (Lipinski definition) is 1. The minimum Gasteiger partial charge on any atom is -0.493 e. The van der Waals surface area contributed by atoms with Crippen molar-refractivity contribution in [2.75, 3.05) is 19.5 Å². The molecule has 0 amide bonds. The van der Waals surface area contributed by atoms with Gasteiger partial charge in [-0.05, 0) is 32.0 Å². The van der Waals surface area contributed by atoms with Crippen molar-refractivity contribution in [3.63, 3.8) is 0 Å². The molecule has 118 valence electrons. The molecule has 1 unspecified atom stereocenters. The first-order valence-corrected chi connectivity index (χ1v) is 8.45. The van der Waals surface area contributed by atoms with E-state index in [2.05, 4.69) is 0 Å². The monoisotopic (exact) mass is 315 g/mol. The molecule has 2 N–H and O–H groups in total. The van der Waals surface area contributed by atoms with Crippen molar-refractivity contribution in [1.82, 2.24) is 0 Å². The minimum atomic E-state index is -3.28. The van der Waals surface area contributed by atoms with Crippen LogP contribution < -0.4 is 10.5 Å². The van der Waals surface area contributed by atoms with Crippen molar-refractivity contribution < 1.29 is 22.7 Å². The summed E-state index contributed by atoms with van der Waals surface area (Å²) in [7, 11) is -3.28. The summed E-state index contributed by atoms with van der Waals surface area (Å²) >= 11 is 0. The second kappa shape index (κ2) is 6.91. The number of esters is 1. The fraction of sp³-hybridized carbons (Fsp3) is 0.500. The Kier molecular flexibility index (Phi) is 5.74. The molecule has 21 heavy (non-hydrogen) atoms. The first-order chi connectivity index (χ1) is 9.66. The Morgan fingerprint density at radius 3 is 2.62 bits per heavy atom. The highest BCUT2D eigenvalue weighted by Gasteiger charge is 2.29. The lowest BCUT2D eigenvalue weighted by Crippen LogP contribution is -2.47. The first-order valence-electron chi connectivity index (χ1n) is 6.56. The average Bonchev–Trinajstić information content (AvgIpc) is 2.38. The van der Waals surface area contributed by atoms with Gasteiger partial charge in [0.05, 0.1) is 18.1 Å². The number of hydrogen-bond acceptors (Lipinski definition) is 6. The predicted molar refractivity (Wildman–Crippen MR) is 78.9 cm³/mol. The van der Waals surface area contributed by atoms with Gasteiger partial charge >= 0.3 is 5.97 Å². The highest BCUT2D eigenvalue weighted by molar-refractivity contribution is 7.90. The summed E-state index contributed by atoms with van der Waals surface area (Å²) in [6.45, 7) is 3.73. The molecule has 0 bridgehead atoms. The Morgan fingerprint density at radius 2 is 2.05 bits per heavy atom. The third-order valence-electron chi connectivity index (χ3n) is 2.87. The molecule has 6 nitrogen and oxygen atoms in total. The number of rotatable bonds is 7. The van der Waals surface area contributed by atoms with Gasteiger partial charge in [-0.2, -0.15) is 0 Å². The Balaban J connectivity index is 2.63. The van der Waals surface area contributed by atoms with Crippen LogP contribution in [0.5, 0.6) is 5.75 Å². The van der Waals surface area contributed by atoms with Gasteiger partial charge in [0.2, 0.25) is 0 Å². The van der Waals surface area contributed by atoms with E-state index in [9.17, 15) is 13.2 Å². The molecule has 0 radical (unpaired) electrons. The zero-order valence-electron chi connectivity index (χ0n) is 12.5. The average molecular weight is 315 g/mol. The number of ether oxygens (including phenoxy) is 2. The van der Waals surface area contributed by atoms with Crippen LogP contribution in [-0.4, -0.2) is 39.4 Å². The van der Waals surface area contributed by atoms with Crippen LogP contribution in [-0.2, 0) is 19.4 Å². The van der Waals surface area contributed by atoms with Crippen LogP contribution in [0.1, 0.15) is 20.3 Å². The van der Waals surface area contributed by atoms with Crippen LogP contribution in [0.3, 0.4) is 0 Å². The summed E-state index contributed by atoms with van der Waals surface area (Å²) in [6.07, 6.45) is 1.39. The lowest BCUT2D eigenvalue weighted by atomic mass is 10.0. The molecule has 1 aromatic carbocycles. The van der Waals surface area contributed by atoms with Crippen LogP contribution in [0, 0.1) is 0 Å². The smallest absolute Gasteiger partial charge is 0.325 e. The van der Waals surface area contributed by atoms with Crippen LogP contribution in [0.2, 0.25) is 0 Å². The van der Waals surface area contributed by atoms with Gasteiger partial charge in [0.1, 0.15) is 11.3 Å². The van der Waals surface area contributed by atoms with E-state index < -0.39 is 21.3 Å². The molecule has 1 aromatic rings. The van der Waals surface area contributed by atoms with Gasteiger partial charge in [-0.3, -0.25) is 4.79 Å². The lowest BCUT2D eigenvalue weighted by Gasteiger charge is -2.22. The molecular weight excluding hydrogens is 294 g/mol. The van der Waals surface area contributed by atoms with E-state index in [0.29, 0.717) is 5.75 Å². The number of carbonyl (C=O) groups excluding carboxylic acids is 1. The van der Waals surface area contributed by atoms with Crippen molar-refractivity contribution >= 4 is 15.8 Å². The van der Waals surface area contributed by atoms with Crippen LogP contribution in [0.25, 0.3) is 0 Å². The molecule has 0 aliphatic carbocycles. The molecule has 0 heterocycles. The van der Waals surface area contributed by atoms with Crippen molar-refractivity contribution in [1.29, 1.82) is 0 Å². The number of carbonyl (C=O) groups is 1. The highest BCUT2D eigenvalue weighted by atomic mass is 32.2. The van der Waals surface area contributed by atoms with Gasteiger partial charge in [-0.1, -0.05) is 6.07 Å². The lowest BCUT2D eigenvalue weighted by molar-refractivity contribution is -0.149. The molecule has 1 rings (SSSR count). The second-order valence-corrected chi connectivity index (χ2v) is 7.00.